The molecule has 2 rings (SSSR count). The number of ether oxygens (including phenoxy) is 1. The van der Waals surface area contributed by atoms with E-state index in [0.717, 1.165) is 13.1 Å². The first-order chi connectivity index (χ1) is 9.71. The zero-order valence-electron chi connectivity index (χ0n) is 11.9. The smallest absolute Gasteiger partial charge is 0.322 e. The fourth-order valence-corrected chi connectivity index (χ4v) is 1.73. The second kappa shape index (κ2) is 6.69. The van der Waals surface area contributed by atoms with Crippen molar-refractivity contribution >= 4 is 11.9 Å². The van der Waals surface area contributed by atoms with Crippen LogP contribution in [0.4, 0.5) is 11.9 Å². The summed E-state index contributed by atoms with van der Waals surface area (Å²) < 4.78 is 7.06. The van der Waals surface area contributed by atoms with Gasteiger partial charge in [-0.2, -0.15) is 15.0 Å². The standard InChI is InChI=1S/C12H19N7O/c1-4-14-10-16-11(18-12(17-10)20-3)15-9(2)7-19-6-5-13-8-19/h5-6,8-9H,4,7H2,1-3H3,(H2,14,15,16,17,18). The van der Waals surface area contributed by atoms with E-state index >= 15 is 0 Å². The number of imidazole rings is 1. The average Bonchev–Trinajstić information content (AvgIpc) is 2.91. The second-order valence-corrected chi connectivity index (χ2v) is 4.30. The van der Waals surface area contributed by atoms with E-state index in [1.807, 2.05) is 24.6 Å². The minimum absolute atomic E-state index is 0.144. The van der Waals surface area contributed by atoms with Crippen LogP contribution in [0.2, 0.25) is 0 Å². The zero-order chi connectivity index (χ0) is 14.4. The van der Waals surface area contributed by atoms with Crippen molar-refractivity contribution in [2.75, 3.05) is 24.3 Å². The molecule has 2 aromatic rings. The molecule has 0 fully saturated rings. The first-order valence-corrected chi connectivity index (χ1v) is 6.47. The maximum atomic E-state index is 5.07. The molecule has 0 aromatic carbocycles. The number of hydrogen-bond donors (Lipinski definition) is 2. The maximum absolute atomic E-state index is 5.07. The lowest BCUT2D eigenvalue weighted by Crippen LogP contribution is -2.23. The van der Waals surface area contributed by atoms with Crippen LogP contribution in [0.1, 0.15) is 13.8 Å². The van der Waals surface area contributed by atoms with Gasteiger partial charge in [0.2, 0.25) is 11.9 Å². The molecule has 0 aliphatic heterocycles. The highest BCUT2D eigenvalue weighted by molar-refractivity contribution is 5.36. The third-order valence-electron chi connectivity index (χ3n) is 2.55. The Bertz CT molecular complexity index is 529. The lowest BCUT2D eigenvalue weighted by Gasteiger charge is -2.15. The average molecular weight is 277 g/mol. The van der Waals surface area contributed by atoms with Gasteiger partial charge in [-0.3, -0.25) is 0 Å². The number of anilines is 2. The van der Waals surface area contributed by atoms with Crippen LogP contribution in [0.5, 0.6) is 6.01 Å². The summed E-state index contributed by atoms with van der Waals surface area (Å²) in [5, 5.41) is 6.27. The zero-order valence-corrected chi connectivity index (χ0v) is 11.9. The first kappa shape index (κ1) is 14.0. The van der Waals surface area contributed by atoms with Gasteiger partial charge in [0, 0.05) is 31.5 Å². The highest BCUT2D eigenvalue weighted by Gasteiger charge is 2.09. The van der Waals surface area contributed by atoms with Crippen molar-refractivity contribution in [2.24, 2.45) is 0 Å². The van der Waals surface area contributed by atoms with Crippen molar-refractivity contribution in [1.29, 1.82) is 0 Å². The molecule has 0 aliphatic rings. The number of methoxy groups -OCH3 is 1. The summed E-state index contributed by atoms with van der Waals surface area (Å²) in [7, 11) is 1.53. The largest absolute Gasteiger partial charge is 0.467 e. The molecule has 0 saturated carbocycles. The van der Waals surface area contributed by atoms with Gasteiger partial charge in [0.05, 0.1) is 13.4 Å². The van der Waals surface area contributed by atoms with Gasteiger partial charge in [-0.15, -0.1) is 0 Å². The van der Waals surface area contributed by atoms with Gasteiger partial charge in [-0.05, 0) is 13.8 Å². The SMILES string of the molecule is CCNc1nc(NC(C)Cn2ccnc2)nc(OC)n1. The highest BCUT2D eigenvalue weighted by atomic mass is 16.5. The van der Waals surface area contributed by atoms with Crippen molar-refractivity contribution < 1.29 is 4.74 Å². The van der Waals surface area contributed by atoms with Crippen LogP contribution in [0.25, 0.3) is 0 Å². The molecule has 8 heteroatoms. The van der Waals surface area contributed by atoms with E-state index < -0.39 is 0 Å². The molecule has 1 atom stereocenters. The first-order valence-electron chi connectivity index (χ1n) is 6.47. The fourth-order valence-electron chi connectivity index (χ4n) is 1.73. The van der Waals surface area contributed by atoms with Crippen LogP contribution in [0, 0.1) is 0 Å². The Morgan fingerprint density at radius 1 is 1.30 bits per heavy atom. The molecule has 0 amide bonds. The quantitative estimate of drug-likeness (QED) is 0.780. The molecule has 0 spiro atoms. The van der Waals surface area contributed by atoms with Crippen LogP contribution in [0.3, 0.4) is 0 Å². The van der Waals surface area contributed by atoms with E-state index in [2.05, 4.69) is 30.6 Å². The molecule has 108 valence electrons. The summed E-state index contributed by atoms with van der Waals surface area (Å²) in [6.07, 6.45) is 5.44. The van der Waals surface area contributed by atoms with Gasteiger partial charge in [-0.1, -0.05) is 0 Å². The lowest BCUT2D eigenvalue weighted by molar-refractivity contribution is 0.379. The van der Waals surface area contributed by atoms with Crippen LogP contribution >= 0.6 is 0 Å². The maximum Gasteiger partial charge on any atom is 0.322 e. The summed E-state index contributed by atoms with van der Waals surface area (Å²) in [6.45, 7) is 5.52. The Hall–Kier alpha value is -2.38. The van der Waals surface area contributed by atoms with E-state index in [0.29, 0.717) is 11.9 Å². The van der Waals surface area contributed by atoms with E-state index in [4.69, 9.17) is 4.74 Å². The van der Waals surface area contributed by atoms with Gasteiger partial charge < -0.3 is 19.9 Å². The highest BCUT2D eigenvalue weighted by Crippen LogP contribution is 2.11. The van der Waals surface area contributed by atoms with Crippen molar-refractivity contribution in [2.45, 2.75) is 26.4 Å². The van der Waals surface area contributed by atoms with Crippen LogP contribution in [0.15, 0.2) is 18.7 Å². The van der Waals surface area contributed by atoms with Crippen molar-refractivity contribution in [3.63, 3.8) is 0 Å². The summed E-state index contributed by atoms with van der Waals surface area (Å²) in [5.74, 6) is 0.983. The van der Waals surface area contributed by atoms with Crippen LogP contribution in [-0.4, -0.2) is 44.2 Å². The molecule has 2 heterocycles. The van der Waals surface area contributed by atoms with Crippen LogP contribution < -0.4 is 15.4 Å². The fraction of sp³-hybridized carbons (Fsp3) is 0.500. The van der Waals surface area contributed by atoms with Crippen molar-refractivity contribution in [1.82, 2.24) is 24.5 Å². The van der Waals surface area contributed by atoms with E-state index in [-0.39, 0.29) is 12.1 Å². The van der Waals surface area contributed by atoms with E-state index in [1.165, 1.54) is 7.11 Å². The van der Waals surface area contributed by atoms with E-state index in [1.54, 1.807) is 12.5 Å². The molecule has 2 N–H and O–H groups in total. The molecule has 20 heavy (non-hydrogen) atoms. The number of nitrogens with one attached hydrogen (secondary N) is 2. The third kappa shape index (κ3) is 3.81. The Morgan fingerprint density at radius 3 is 2.75 bits per heavy atom. The third-order valence-corrected chi connectivity index (χ3v) is 2.55. The molecule has 8 nitrogen and oxygen atoms in total. The number of rotatable bonds is 7. The predicted molar refractivity (Wildman–Crippen MR) is 75.9 cm³/mol. The van der Waals surface area contributed by atoms with Crippen molar-refractivity contribution in [3.05, 3.63) is 18.7 Å². The number of aromatic nitrogens is 5. The molecule has 0 radical (unpaired) electrons. The topological polar surface area (TPSA) is 89.8 Å². The number of nitrogens with zero attached hydrogens (tertiary/aromatic N) is 5. The van der Waals surface area contributed by atoms with E-state index in [9.17, 15) is 0 Å². The Morgan fingerprint density at radius 2 is 2.10 bits per heavy atom. The molecule has 0 aliphatic carbocycles. The molecular weight excluding hydrogens is 258 g/mol. The lowest BCUT2D eigenvalue weighted by atomic mass is 10.3. The number of hydrogen-bond acceptors (Lipinski definition) is 7. The Labute approximate surface area is 117 Å². The molecule has 2 aromatic heterocycles. The van der Waals surface area contributed by atoms with Gasteiger partial charge in [-0.25, -0.2) is 4.98 Å². The monoisotopic (exact) mass is 277 g/mol. The molecular formula is C12H19N7O. The summed E-state index contributed by atoms with van der Waals surface area (Å²) >= 11 is 0. The van der Waals surface area contributed by atoms with Crippen LogP contribution in [-0.2, 0) is 6.54 Å². The summed E-state index contributed by atoms with van der Waals surface area (Å²) in [4.78, 5) is 16.6. The van der Waals surface area contributed by atoms with Gasteiger partial charge >= 0.3 is 6.01 Å². The van der Waals surface area contributed by atoms with Crippen molar-refractivity contribution in [3.8, 4) is 6.01 Å². The normalized spacial score (nSPS) is 11.9. The second-order valence-electron chi connectivity index (χ2n) is 4.30. The minimum atomic E-state index is 0.144. The summed E-state index contributed by atoms with van der Waals surface area (Å²) in [6, 6.07) is 0.430. The Kier molecular flexibility index (Phi) is 4.70. The predicted octanol–water partition coefficient (Wildman–Crippen LogP) is 1.01. The van der Waals surface area contributed by atoms with Gasteiger partial charge in [0.15, 0.2) is 0 Å². The molecule has 0 bridgehead atoms. The summed E-state index contributed by atoms with van der Waals surface area (Å²) in [5.41, 5.74) is 0. The van der Waals surface area contributed by atoms with Gasteiger partial charge in [0.1, 0.15) is 0 Å². The van der Waals surface area contributed by atoms with Gasteiger partial charge in [0.25, 0.3) is 0 Å². The molecule has 1 unspecified atom stereocenters. The minimum Gasteiger partial charge on any atom is -0.467 e. The Balaban J connectivity index is 2.05. The molecule has 0 saturated heterocycles.